The van der Waals surface area contributed by atoms with E-state index in [1.165, 1.54) is 0 Å². The topological polar surface area (TPSA) is 38.7 Å². The lowest BCUT2D eigenvalue weighted by atomic mass is 9.88. The molecule has 0 N–H and O–H groups in total. The normalized spacial score (nSPS) is 35.0. The summed E-state index contributed by atoms with van der Waals surface area (Å²) < 4.78 is 6.44. The number of cyclic esters (lactones) is 1. The molecular formula is C15H12BrNO2. The van der Waals surface area contributed by atoms with Crippen LogP contribution in [0.25, 0.3) is 0 Å². The highest BCUT2D eigenvalue weighted by atomic mass is 79.9. The van der Waals surface area contributed by atoms with E-state index in [1.807, 2.05) is 24.3 Å². The van der Waals surface area contributed by atoms with Gasteiger partial charge in [0.15, 0.2) is 0 Å². The minimum atomic E-state index is -0.116. The Morgan fingerprint density at radius 1 is 1.16 bits per heavy atom. The van der Waals surface area contributed by atoms with E-state index in [-0.39, 0.29) is 17.9 Å². The highest BCUT2D eigenvalue weighted by Crippen LogP contribution is 2.47. The Labute approximate surface area is 119 Å². The molecule has 4 heteroatoms. The van der Waals surface area contributed by atoms with Gasteiger partial charge in [-0.25, -0.2) is 4.99 Å². The van der Waals surface area contributed by atoms with Crippen molar-refractivity contribution in [3.8, 4) is 0 Å². The predicted octanol–water partition coefficient (Wildman–Crippen LogP) is 2.94. The first-order chi connectivity index (χ1) is 9.22. The molecule has 3 aliphatic rings. The van der Waals surface area contributed by atoms with E-state index >= 15 is 0 Å². The molecule has 0 saturated heterocycles. The van der Waals surface area contributed by atoms with Gasteiger partial charge in [-0.2, -0.15) is 0 Å². The van der Waals surface area contributed by atoms with Crippen LogP contribution in [-0.2, 0) is 9.53 Å². The van der Waals surface area contributed by atoms with E-state index in [9.17, 15) is 4.79 Å². The quantitative estimate of drug-likeness (QED) is 0.590. The fourth-order valence-electron chi connectivity index (χ4n) is 3.34. The number of benzene rings is 1. The Kier molecular flexibility index (Phi) is 2.42. The molecule has 2 bridgehead atoms. The molecule has 1 fully saturated rings. The Morgan fingerprint density at radius 3 is 2.68 bits per heavy atom. The lowest BCUT2D eigenvalue weighted by Crippen LogP contribution is -2.38. The monoisotopic (exact) mass is 317 g/mol. The fourth-order valence-corrected chi connectivity index (χ4v) is 3.60. The van der Waals surface area contributed by atoms with Gasteiger partial charge in [0.1, 0.15) is 0 Å². The molecule has 1 aliphatic heterocycles. The van der Waals surface area contributed by atoms with Gasteiger partial charge in [0, 0.05) is 16.0 Å². The summed E-state index contributed by atoms with van der Waals surface area (Å²) in [5.74, 6) is 1.04. The highest BCUT2D eigenvalue weighted by molar-refractivity contribution is 9.10. The summed E-state index contributed by atoms with van der Waals surface area (Å²) in [4.78, 5) is 16.9. The number of fused-ring (bicyclic) bond motifs is 5. The van der Waals surface area contributed by atoms with Crippen molar-refractivity contribution in [1.29, 1.82) is 0 Å². The van der Waals surface area contributed by atoms with Crippen molar-refractivity contribution in [2.45, 2.75) is 12.5 Å². The first-order valence-corrected chi connectivity index (χ1v) is 7.25. The molecule has 0 radical (unpaired) electrons. The Morgan fingerprint density at radius 2 is 1.89 bits per heavy atom. The number of hydrogen-bond donors (Lipinski definition) is 0. The summed E-state index contributed by atoms with van der Waals surface area (Å²) in [6.07, 6.45) is 5.39. The molecule has 0 spiro atoms. The third-order valence-electron chi connectivity index (χ3n) is 4.24. The number of nitrogens with zero attached hydrogens (tertiary/aromatic N) is 1. The third kappa shape index (κ3) is 1.70. The van der Waals surface area contributed by atoms with Crippen LogP contribution in [0.3, 0.4) is 0 Å². The number of halogens is 1. The van der Waals surface area contributed by atoms with Crippen LogP contribution in [0.15, 0.2) is 45.9 Å². The molecule has 4 unspecified atom stereocenters. The zero-order chi connectivity index (χ0) is 13.0. The molecular weight excluding hydrogens is 306 g/mol. The van der Waals surface area contributed by atoms with Gasteiger partial charge in [0.25, 0.3) is 0 Å². The summed E-state index contributed by atoms with van der Waals surface area (Å²) in [7, 11) is 0. The van der Waals surface area contributed by atoms with Gasteiger partial charge in [-0.3, -0.25) is 4.79 Å². The van der Waals surface area contributed by atoms with Gasteiger partial charge in [-0.05, 0) is 36.6 Å². The van der Waals surface area contributed by atoms with Gasteiger partial charge in [-0.1, -0.05) is 28.1 Å². The average molecular weight is 318 g/mol. The number of hydrogen-bond acceptors (Lipinski definition) is 3. The first kappa shape index (κ1) is 11.4. The molecule has 0 amide bonds. The second-order valence-electron chi connectivity index (χ2n) is 5.33. The van der Waals surface area contributed by atoms with Crippen molar-refractivity contribution in [3.63, 3.8) is 0 Å². The smallest absolute Gasteiger partial charge is 0.318 e. The van der Waals surface area contributed by atoms with Crippen LogP contribution in [0.1, 0.15) is 12.0 Å². The van der Waals surface area contributed by atoms with E-state index < -0.39 is 0 Å². The highest BCUT2D eigenvalue weighted by Gasteiger charge is 2.51. The van der Waals surface area contributed by atoms with E-state index in [1.54, 1.807) is 0 Å². The number of aliphatic imine (C=N–C) groups is 1. The standard InChI is InChI=1S/C15H12BrNO2/c16-11-5-3-8(4-6-11)14-17-13-10-2-1-9(7-10)12(13)15(18)19-14/h1-6,9-10,12-13H,7H2. The number of esters is 1. The molecule has 1 heterocycles. The largest absolute Gasteiger partial charge is 0.407 e. The Balaban J connectivity index is 1.73. The van der Waals surface area contributed by atoms with Gasteiger partial charge < -0.3 is 4.74 Å². The number of rotatable bonds is 1. The molecule has 1 aromatic rings. The van der Waals surface area contributed by atoms with Crippen LogP contribution < -0.4 is 0 Å². The minimum absolute atomic E-state index is 0.0609. The van der Waals surface area contributed by atoms with Crippen molar-refractivity contribution in [2.75, 3.05) is 0 Å². The van der Waals surface area contributed by atoms with E-state index in [2.05, 4.69) is 33.1 Å². The van der Waals surface area contributed by atoms with Crippen molar-refractivity contribution >= 4 is 27.8 Å². The maximum Gasteiger partial charge on any atom is 0.318 e. The van der Waals surface area contributed by atoms with Crippen LogP contribution in [0, 0.1) is 17.8 Å². The van der Waals surface area contributed by atoms with Gasteiger partial charge in [0.2, 0.25) is 5.90 Å². The van der Waals surface area contributed by atoms with Crippen LogP contribution in [0.5, 0.6) is 0 Å². The number of carbonyl (C=O) groups is 1. The molecule has 1 saturated carbocycles. The van der Waals surface area contributed by atoms with Gasteiger partial charge in [-0.15, -0.1) is 0 Å². The molecule has 1 aromatic carbocycles. The predicted molar refractivity (Wildman–Crippen MR) is 74.8 cm³/mol. The van der Waals surface area contributed by atoms with E-state index in [0.717, 1.165) is 16.5 Å². The first-order valence-electron chi connectivity index (χ1n) is 6.46. The van der Waals surface area contributed by atoms with Crippen LogP contribution >= 0.6 is 15.9 Å². The maximum atomic E-state index is 12.2. The lowest BCUT2D eigenvalue weighted by Gasteiger charge is -2.28. The second-order valence-corrected chi connectivity index (χ2v) is 6.24. The summed E-state index contributed by atoms with van der Waals surface area (Å²) in [6, 6.07) is 7.77. The van der Waals surface area contributed by atoms with Crippen molar-refractivity contribution in [1.82, 2.24) is 0 Å². The lowest BCUT2D eigenvalue weighted by molar-refractivity contribution is -0.142. The SMILES string of the molecule is O=C1OC(c2ccc(Br)cc2)=NC2C3C=CC(C3)C12. The third-order valence-corrected chi connectivity index (χ3v) is 4.77. The Bertz CT molecular complexity index is 605. The van der Waals surface area contributed by atoms with Gasteiger partial charge in [0.05, 0.1) is 12.0 Å². The second kappa shape index (κ2) is 4.04. The molecule has 96 valence electrons. The zero-order valence-corrected chi connectivity index (χ0v) is 11.7. The Hall–Kier alpha value is -1.42. The average Bonchev–Trinajstić information content (AvgIpc) is 3.00. The van der Waals surface area contributed by atoms with E-state index in [4.69, 9.17) is 4.74 Å². The van der Waals surface area contributed by atoms with Crippen molar-refractivity contribution < 1.29 is 9.53 Å². The van der Waals surface area contributed by atoms with Crippen molar-refractivity contribution in [3.05, 3.63) is 46.5 Å². The molecule has 4 rings (SSSR count). The summed E-state index contributed by atoms with van der Waals surface area (Å²) >= 11 is 3.40. The minimum Gasteiger partial charge on any atom is -0.407 e. The summed E-state index contributed by atoms with van der Waals surface area (Å²) in [6.45, 7) is 0. The summed E-state index contributed by atoms with van der Waals surface area (Å²) in [5.41, 5.74) is 0.863. The van der Waals surface area contributed by atoms with Crippen LogP contribution in [0.2, 0.25) is 0 Å². The fraction of sp³-hybridized carbons (Fsp3) is 0.333. The zero-order valence-electron chi connectivity index (χ0n) is 10.1. The van der Waals surface area contributed by atoms with Crippen LogP contribution in [0.4, 0.5) is 0 Å². The number of carbonyl (C=O) groups excluding carboxylic acids is 1. The summed E-state index contributed by atoms with van der Waals surface area (Å²) in [5, 5.41) is 0. The van der Waals surface area contributed by atoms with Crippen molar-refractivity contribution in [2.24, 2.45) is 22.7 Å². The molecule has 3 nitrogen and oxygen atoms in total. The van der Waals surface area contributed by atoms with E-state index in [0.29, 0.717) is 17.7 Å². The van der Waals surface area contributed by atoms with Crippen LogP contribution in [-0.4, -0.2) is 17.9 Å². The number of allylic oxidation sites excluding steroid dienone is 1. The molecule has 0 aromatic heterocycles. The maximum absolute atomic E-state index is 12.2. The number of ether oxygens (including phenoxy) is 1. The molecule has 19 heavy (non-hydrogen) atoms. The van der Waals surface area contributed by atoms with Gasteiger partial charge >= 0.3 is 5.97 Å². The molecule has 4 atom stereocenters. The molecule has 2 aliphatic carbocycles.